The van der Waals surface area contributed by atoms with Gasteiger partial charge >= 0.3 is 0 Å². The van der Waals surface area contributed by atoms with Crippen molar-refractivity contribution in [3.63, 3.8) is 0 Å². The Kier molecular flexibility index (Phi) is 4.24. The number of carbonyl (C=O) groups excluding carboxylic acids is 2. The van der Waals surface area contributed by atoms with E-state index >= 15 is 0 Å². The van der Waals surface area contributed by atoms with Crippen LogP contribution in [0.15, 0.2) is 18.2 Å². The topological polar surface area (TPSA) is 87.5 Å². The summed E-state index contributed by atoms with van der Waals surface area (Å²) in [6, 6.07) is 5.22. The minimum Gasteiger partial charge on any atom is -0.372 e. The second-order valence-corrected chi connectivity index (χ2v) is 5.06. The molecule has 0 spiro atoms. The molecule has 1 atom stereocenters. The van der Waals surface area contributed by atoms with Crippen molar-refractivity contribution in [3.05, 3.63) is 23.8 Å². The Morgan fingerprint density at radius 1 is 1.55 bits per heavy atom. The molecule has 0 saturated carbocycles. The number of hydrogen-bond donors (Lipinski definition) is 3. The quantitative estimate of drug-likeness (QED) is 0.752. The molecule has 2 rings (SSSR count). The Balaban J connectivity index is 2.26. The van der Waals surface area contributed by atoms with Gasteiger partial charge in [-0.3, -0.25) is 9.59 Å². The maximum absolute atomic E-state index is 12.1. The van der Waals surface area contributed by atoms with Crippen LogP contribution in [0.4, 0.5) is 11.4 Å². The minimum atomic E-state index is -0.188. The number of hydrogen-bond acceptors (Lipinski definition) is 4. The van der Waals surface area contributed by atoms with Gasteiger partial charge in [0.25, 0.3) is 5.91 Å². The van der Waals surface area contributed by atoms with E-state index in [-0.39, 0.29) is 17.9 Å². The Bertz CT molecular complexity index is 530. The van der Waals surface area contributed by atoms with E-state index in [1.807, 2.05) is 24.9 Å². The second kappa shape index (κ2) is 5.92. The highest BCUT2D eigenvalue weighted by molar-refractivity contribution is 6.00. The van der Waals surface area contributed by atoms with Gasteiger partial charge in [0, 0.05) is 38.2 Å². The first-order chi connectivity index (χ1) is 9.51. The molecule has 1 aliphatic heterocycles. The van der Waals surface area contributed by atoms with Crippen LogP contribution >= 0.6 is 0 Å². The van der Waals surface area contributed by atoms with Gasteiger partial charge in [-0.15, -0.1) is 0 Å². The molecule has 0 saturated heterocycles. The molecule has 0 aliphatic carbocycles. The van der Waals surface area contributed by atoms with Gasteiger partial charge in [0.05, 0.1) is 11.4 Å². The number of anilines is 2. The summed E-state index contributed by atoms with van der Waals surface area (Å²) in [5.41, 5.74) is 7.59. The number of rotatable bonds is 3. The van der Waals surface area contributed by atoms with Crippen LogP contribution in [0.2, 0.25) is 0 Å². The molecular weight excluding hydrogens is 256 g/mol. The molecule has 6 nitrogen and oxygen atoms in total. The molecule has 2 amide bonds. The normalized spacial score (nSPS) is 15.9. The van der Waals surface area contributed by atoms with Crippen molar-refractivity contribution < 1.29 is 9.59 Å². The third kappa shape index (κ3) is 3.08. The van der Waals surface area contributed by atoms with Crippen LogP contribution in [0.25, 0.3) is 0 Å². The van der Waals surface area contributed by atoms with Crippen LogP contribution in [0.1, 0.15) is 23.7 Å². The lowest BCUT2D eigenvalue weighted by Gasteiger charge is -2.19. The minimum absolute atomic E-state index is 0.0384. The van der Waals surface area contributed by atoms with Gasteiger partial charge < -0.3 is 21.3 Å². The van der Waals surface area contributed by atoms with Crippen molar-refractivity contribution in [3.8, 4) is 0 Å². The van der Waals surface area contributed by atoms with E-state index in [0.29, 0.717) is 30.8 Å². The van der Waals surface area contributed by atoms with Crippen molar-refractivity contribution in [2.24, 2.45) is 5.73 Å². The molecule has 0 aromatic heterocycles. The summed E-state index contributed by atoms with van der Waals surface area (Å²) in [7, 11) is 1.93. The molecule has 1 aromatic carbocycles. The van der Waals surface area contributed by atoms with E-state index < -0.39 is 0 Å². The summed E-state index contributed by atoms with van der Waals surface area (Å²) >= 11 is 0. The zero-order chi connectivity index (χ0) is 14.7. The molecular formula is C14H20N4O2. The summed E-state index contributed by atoms with van der Waals surface area (Å²) < 4.78 is 0. The number of fused-ring (bicyclic) bond motifs is 1. The molecule has 20 heavy (non-hydrogen) atoms. The molecule has 0 radical (unpaired) electrons. The van der Waals surface area contributed by atoms with Crippen LogP contribution in [0.5, 0.6) is 0 Å². The standard InChI is InChI=1S/C14H20N4O2/c1-9(8-15)16-14(20)10-3-4-12-11(7-10)17-13(19)5-6-18(12)2/h3-4,7,9H,5-6,8,15H2,1-2H3,(H,16,20)(H,17,19)/t9-/m0/s1. The van der Waals surface area contributed by atoms with E-state index in [9.17, 15) is 9.59 Å². The number of nitrogens with one attached hydrogen (secondary N) is 2. The highest BCUT2D eigenvalue weighted by Gasteiger charge is 2.18. The number of carbonyl (C=O) groups is 2. The van der Waals surface area contributed by atoms with Crippen molar-refractivity contribution in [2.75, 3.05) is 30.4 Å². The van der Waals surface area contributed by atoms with Gasteiger partial charge in [0.1, 0.15) is 0 Å². The monoisotopic (exact) mass is 276 g/mol. The predicted molar refractivity (Wildman–Crippen MR) is 78.9 cm³/mol. The van der Waals surface area contributed by atoms with Gasteiger partial charge in [-0.05, 0) is 25.1 Å². The van der Waals surface area contributed by atoms with Crippen molar-refractivity contribution >= 4 is 23.2 Å². The smallest absolute Gasteiger partial charge is 0.251 e. The maximum atomic E-state index is 12.1. The number of nitrogens with two attached hydrogens (primary N) is 1. The fourth-order valence-corrected chi connectivity index (χ4v) is 2.08. The molecule has 1 heterocycles. The zero-order valence-electron chi connectivity index (χ0n) is 11.8. The van der Waals surface area contributed by atoms with Gasteiger partial charge in [-0.1, -0.05) is 0 Å². The van der Waals surface area contributed by atoms with Gasteiger partial charge in [0.15, 0.2) is 0 Å². The van der Waals surface area contributed by atoms with Crippen molar-refractivity contribution in [1.29, 1.82) is 0 Å². The first-order valence-corrected chi connectivity index (χ1v) is 6.67. The average molecular weight is 276 g/mol. The first-order valence-electron chi connectivity index (χ1n) is 6.67. The van der Waals surface area contributed by atoms with Crippen LogP contribution in [-0.2, 0) is 4.79 Å². The molecule has 0 unspecified atom stereocenters. The van der Waals surface area contributed by atoms with E-state index in [2.05, 4.69) is 10.6 Å². The molecule has 4 N–H and O–H groups in total. The van der Waals surface area contributed by atoms with Crippen LogP contribution < -0.4 is 21.3 Å². The highest BCUT2D eigenvalue weighted by atomic mass is 16.2. The largest absolute Gasteiger partial charge is 0.372 e. The summed E-state index contributed by atoms with van der Waals surface area (Å²) in [5, 5.41) is 5.63. The van der Waals surface area contributed by atoms with E-state index in [1.165, 1.54) is 0 Å². The first kappa shape index (κ1) is 14.3. The maximum Gasteiger partial charge on any atom is 0.251 e. The fourth-order valence-electron chi connectivity index (χ4n) is 2.08. The predicted octanol–water partition coefficient (Wildman–Crippen LogP) is 0.542. The number of amides is 2. The SMILES string of the molecule is C[C@@H](CN)NC(=O)c1ccc2c(c1)NC(=O)CCN2C. The molecule has 0 fully saturated rings. The van der Waals surface area contributed by atoms with E-state index in [4.69, 9.17) is 5.73 Å². The highest BCUT2D eigenvalue weighted by Crippen LogP contribution is 2.28. The molecule has 108 valence electrons. The van der Waals surface area contributed by atoms with Crippen LogP contribution in [0, 0.1) is 0 Å². The Labute approximate surface area is 118 Å². The Hall–Kier alpha value is -2.08. The lowest BCUT2D eigenvalue weighted by molar-refractivity contribution is -0.115. The molecule has 6 heteroatoms. The summed E-state index contributed by atoms with van der Waals surface area (Å²) in [4.78, 5) is 25.7. The number of nitrogens with zero attached hydrogens (tertiary/aromatic N) is 1. The van der Waals surface area contributed by atoms with E-state index in [1.54, 1.807) is 12.1 Å². The summed E-state index contributed by atoms with van der Waals surface area (Å²) in [6.45, 7) is 2.89. The summed E-state index contributed by atoms with van der Waals surface area (Å²) in [5.74, 6) is -0.226. The third-order valence-corrected chi connectivity index (χ3v) is 3.35. The van der Waals surface area contributed by atoms with Gasteiger partial charge in [0.2, 0.25) is 5.91 Å². The van der Waals surface area contributed by atoms with Crippen LogP contribution in [-0.4, -0.2) is 38.0 Å². The molecule has 0 bridgehead atoms. The fraction of sp³-hybridized carbons (Fsp3) is 0.429. The van der Waals surface area contributed by atoms with Gasteiger partial charge in [-0.25, -0.2) is 0 Å². The Morgan fingerprint density at radius 2 is 2.30 bits per heavy atom. The average Bonchev–Trinajstić information content (AvgIpc) is 2.57. The lowest BCUT2D eigenvalue weighted by Crippen LogP contribution is -2.37. The molecule has 1 aromatic rings. The third-order valence-electron chi connectivity index (χ3n) is 3.35. The lowest BCUT2D eigenvalue weighted by atomic mass is 10.1. The second-order valence-electron chi connectivity index (χ2n) is 5.06. The summed E-state index contributed by atoms with van der Waals surface area (Å²) in [6.07, 6.45) is 0.441. The number of benzene rings is 1. The van der Waals surface area contributed by atoms with Crippen LogP contribution in [0.3, 0.4) is 0 Å². The molecule has 1 aliphatic rings. The zero-order valence-corrected chi connectivity index (χ0v) is 11.8. The van der Waals surface area contributed by atoms with Crippen molar-refractivity contribution in [2.45, 2.75) is 19.4 Å². The van der Waals surface area contributed by atoms with E-state index in [0.717, 1.165) is 5.69 Å². The van der Waals surface area contributed by atoms with Crippen molar-refractivity contribution in [1.82, 2.24) is 5.32 Å². The Morgan fingerprint density at radius 3 is 3.00 bits per heavy atom. The van der Waals surface area contributed by atoms with Gasteiger partial charge in [-0.2, -0.15) is 0 Å².